The van der Waals surface area contributed by atoms with Crippen molar-refractivity contribution in [3.8, 4) is 6.07 Å². The largest absolute Gasteiger partial charge is 0.396 e. The van der Waals surface area contributed by atoms with Crippen LogP contribution in [0.5, 0.6) is 0 Å². The third-order valence-electron chi connectivity index (χ3n) is 2.53. The molecule has 0 fully saturated rings. The van der Waals surface area contributed by atoms with Crippen molar-refractivity contribution in [2.75, 3.05) is 30.8 Å². The average Bonchev–Trinajstić information content (AvgIpc) is 2.67. The first kappa shape index (κ1) is 13.3. The maximum Gasteiger partial charge on any atom is 0.256 e. The number of carbonyl (C=O) groups excluding carboxylic acids is 1. The van der Waals surface area contributed by atoms with Crippen LogP contribution in [0.15, 0.2) is 0 Å². The van der Waals surface area contributed by atoms with Gasteiger partial charge in [0.05, 0.1) is 11.3 Å². The Morgan fingerprint density at radius 2 is 2.12 bits per heavy atom. The topological polar surface area (TPSA) is 82.2 Å². The monoisotopic (exact) mass is 252 g/mol. The molecule has 1 rings (SSSR count). The highest BCUT2D eigenvalue weighted by Gasteiger charge is 2.23. The first-order chi connectivity index (χ1) is 8.10. The van der Waals surface area contributed by atoms with Crippen LogP contribution in [0, 0.1) is 11.3 Å². The van der Waals surface area contributed by atoms with Crippen molar-refractivity contribution in [3.05, 3.63) is 10.4 Å². The Hall–Kier alpha value is -1.74. The summed E-state index contributed by atoms with van der Waals surface area (Å²) in [6.07, 6.45) is 0. The molecule has 0 saturated carbocycles. The van der Waals surface area contributed by atoms with Gasteiger partial charge in [0.25, 0.3) is 5.91 Å². The van der Waals surface area contributed by atoms with E-state index in [1.807, 2.05) is 24.8 Å². The molecule has 6 heteroatoms. The highest BCUT2D eigenvalue weighted by Crippen LogP contribution is 2.37. The molecule has 0 aliphatic heterocycles. The second-order valence-corrected chi connectivity index (χ2v) is 4.39. The Labute approximate surface area is 105 Å². The van der Waals surface area contributed by atoms with E-state index < -0.39 is 0 Å². The van der Waals surface area contributed by atoms with Gasteiger partial charge < -0.3 is 16.0 Å². The lowest BCUT2D eigenvalue weighted by atomic mass is 10.2. The van der Waals surface area contributed by atoms with E-state index in [1.165, 1.54) is 11.3 Å². The number of thiophene rings is 1. The van der Waals surface area contributed by atoms with E-state index >= 15 is 0 Å². The Morgan fingerprint density at radius 1 is 1.53 bits per heavy atom. The van der Waals surface area contributed by atoms with Crippen LogP contribution in [0.2, 0.25) is 0 Å². The predicted octanol–water partition coefficient (Wildman–Crippen LogP) is 1.41. The van der Waals surface area contributed by atoms with Gasteiger partial charge in [0.2, 0.25) is 0 Å². The van der Waals surface area contributed by atoms with Crippen LogP contribution in [-0.4, -0.2) is 26.0 Å². The lowest BCUT2D eigenvalue weighted by Crippen LogP contribution is -2.26. The number of carbonyl (C=O) groups is 1. The molecule has 0 aromatic carbocycles. The number of nitriles is 1. The first-order valence-corrected chi connectivity index (χ1v) is 6.21. The van der Waals surface area contributed by atoms with E-state index in [4.69, 9.17) is 11.0 Å². The molecule has 1 aromatic rings. The minimum Gasteiger partial charge on any atom is -0.396 e. The lowest BCUT2D eigenvalue weighted by molar-refractivity contribution is 0.0965. The number of amides is 1. The fourth-order valence-corrected chi connectivity index (χ4v) is 2.74. The van der Waals surface area contributed by atoms with Gasteiger partial charge in [0.15, 0.2) is 0 Å². The van der Waals surface area contributed by atoms with Gasteiger partial charge >= 0.3 is 0 Å². The van der Waals surface area contributed by atoms with Gasteiger partial charge in [-0.15, -0.1) is 11.3 Å². The van der Waals surface area contributed by atoms with E-state index in [0.29, 0.717) is 10.4 Å². The second kappa shape index (κ2) is 5.55. The SMILES string of the molecule is CCN(CC)c1sc(C#N)c(N)c1C(=O)NC. The summed E-state index contributed by atoms with van der Waals surface area (Å²) in [7, 11) is 1.55. The number of hydrogen-bond donors (Lipinski definition) is 2. The second-order valence-electron chi connectivity index (χ2n) is 3.39. The summed E-state index contributed by atoms with van der Waals surface area (Å²) < 4.78 is 0. The van der Waals surface area contributed by atoms with Crippen LogP contribution >= 0.6 is 11.3 Å². The Balaban J connectivity index is 3.38. The smallest absolute Gasteiger partial charge is 0.256 e. The van der Waals surface area contributed by atoms with Crippen LogP contribution < -0.4 is 16.0 Å². The molecule has 0 atom stereocenters. The van der Waals surface area contributed by atoms with E-state index in [-0.39, 0.29) is 11.6 Å². The molecule has 0 bridgehead atoms. The summed E-state index contributed by atoms with van der Waals surface area (Å²) in [6.45, 7) is 5.54. The zero-order chi connectivity index (χ0) is 13.0. The van der Waals surface area contributed by atoms with Crippen molar-refractivity contribution >= 4 is 27.9 Å². The summed E-state index contributed by atoms with van der Waals surface area (Å²) >= 11 is 1.27. The molecule has 0 spiro atoms. The fraction of sp³-hybridized carbons (Fsp3) is 0.455. The zero-order valence-electron chi connectivity index (χ0n) is 10.2. The van der Waals surface area contributed by atoms with Crippen molar-refractivity contribution in [2.24, 2.45) is 0 Å². The standard InChI is InChI=1S/C11H16N4OS/c1-4-15(5-2)11-8(10(16)14-3)9(13)7(6-12)17-11/h4-5,13H2,1-3H3,(H,14,16). The van der Waals surface area contributed by atoms with E-state index in [2.05, 4.69) is 5.32 Å². The molecule has 1 amide bonds. The number of nitrogen functional groups attached to an aromatic ring is 1. The van der Waals surface area contributed by atoms with Gasteiger partial charge in [-0.3, -0.25) is 4.79 Å². The van der Waals surface area contributed by atoms with Gasteiger partial charge in [0.1, 0.15) is 15.9 Å². The normalized spacial score (nSPS) is 9.76. The van der Waals surface area contributed by atoms with E-state index in [1.54, 1.807) is 7.05 Å². The van der Waals surface area contributed by atoms with Crippen molar-refractivity contribution in [2.45, 2.75) is 13.8 Å². The van der Waals surface area contributed by atoms with Gasteiger partial charge in [-0.25, -0.2) is 0 Å². The molecule has 0 saturated heterocycles. The van der Waals surface area contributed by atoms with Crippen molar-refractivity contribution in [3.63, 3.8) is 0 Å². The number of anilines is 2. The van der Waals surface area contributed by atoms with E-state index in [9.17, 15) is 4.79 Å². The minimum absolute atomic E-state index is 0.248. The molecule has 1 heterocycles. The maximum absolute atomic E-state index is 11.8. The summed E-state index contributed by atoms with van der Waals surface area (Å²) in [6, 6.07) is 2.02. The molecular formula is C11H16N4OS. The predicted molar refractivity (Wildman–Crippen MR) is 70.4 cm³/mol. The van der Waals surface area contributed by atoms with Crippen LogP contribution in [0.3, 0.4) is 0 Å². The molecular weight excluding hydrogens is 236 g/mol. The molecule has 17 heavy (non-hydrogen) atoms. The number of nitrogens with one attached hydrogen (secondary N) is 1. The van der Waals surface area contributed by atoms with E-state index in [0.717, 1.165) is 18.1 Å². The first-order valence-electron chi connectivity index (χ1n) is 5.39. The molecule has 0 radical (unpaired) electrons. The Bertz CT molecular complexity index is 457. The molecule has 92 valence electrons. The summed E-state index contributed by atoms with van der Waals surface area (Å²) in [5, 5.41) is 12.3. The quantitative estimate of drug-likeness (QED) is 0.848. The average molecular weight is 252 g/mol. The molecule has 0 aliphatic rings. The molecule has 0 unspecified atom stereocenters. The molecule has 3 N–H and O–H groups in total. The number of rotatable bonds is 4. The lowest BCUT2D eigenvalue weighted by Gasteiger charge is -2.20. The highest BCUT2D eigenvalue weighted by atomic mass is 32.1. The minimum atomic E-state index is -0.248. The van der Waals surface area contributed by atoms with Crippen LogP contribution in [0.4, 0.5) is 10.7 Å². The fourth-order valence-electron chi connectivity index (χ4n) is 1.59. The summed E-state index contributed by atoms with van der Waals surface area (Å²) in [4.78, 5) is 14.2. The molecule has 5 nitrogen and oxygen atoms in total. The maximum atomic E-state index is 11.8. The summed E-state index contributed by atoms with van der Waals surface area (Å²) in [5.74, 6) is -0.248. The van der Waals surface area contributed by atoms with Crippen LogP contribution in [0.25, 0.3) is 0 Å². The van der Waals surface area contributed by atoms with Crippen LogP contribution in [0.1, 0.15) is 29.1 Å². The third kappa shape index (κ3) is 2.34. The van der Waals surface area contributed by atoms with Gasteiger partial charge in [0, 0.05) is 20.1 Å². The van der Waals surface area contributed by atoms with Gasteiger partial charge in [-0.05, 0) is 13.8 Å². The summed E-state index contributed by atoms with van der Waals surface area (Å²) in [5.41, 5.74) is 6.53. The van der Waals surface area contributed by atoms with Crippen LogP contribution in [-0.2, 0) is 0 Å². The number of nitrogens with zero attached hydrogens (tertiary/aromatic N) is 2. The van der Waals surface area contributed by atoms with Crippen molar-refractivity contribution < 1.29 is 4.79 Å². The van der Waals surface area contributed by atoms with Crippen molar-refractivity contribution in [1.82, 2.24) is 5.32 Å². The molecule has 1 aromatic heterocycles. The number of hydrogen-bond acceptors (Lipinski definition) is 5. The Kier molecular flexibility index (Phi) is 4.35. The molecule has 0 aliphatic carbocycles. The van der Waals surface area contributed by atoms with Gasteiger partial charge in [-0.2, -0.15) is 5.26 Å². The zero-order valence-corrected chi connectivity index (χ0v) is 11.0. The van der Waals surface area contributed by atoms with Crippen molar-refractivity contribution in [1.29, 1.82) is 5.26 Å². The third-order valence-corrected chi connectivity index (χ3v) is 3.70. The van der Waals surface area contributed by atoms with Gasteiger partial charge in [-0.1, -0.05) is 0 Å². The highest BCUT2D eigenvalue weighted by molar-refractivity contribution is 7.17. The Morgan fingerprint density at radius 3 is 2.53 bits per heavy atom. The number of nitrogens with two attached hydrogens (primary N) is 1.